The Labute approximate surface area is 153 Å². The van der Waals surface area contributed by atoms with Crippen LogP contribution in [0.25, 0.3) is 0 Å². The first-order valence-corrected chi connectivity index (χ1v) is 8.63. The van der Waals surface area contributed by atoms with Gasteiger partial charge in [0, 0.05) is 18.2 Å². The zero-order chi connectivity index (χ0) is 18.8. The number of carboxylic acid groups (broad SMARTS) is 1. The van der Waals surface area contributed by atoms with Gasteiger partial charge in [0.05, 0.1) is 6.61 Å². The number of carbonyl (C=O) groups is 2. The topological polar surface area (TPSA) is 87.7 Å². The van der Waals surface area contributed by atoms with Gasteiger partial charge in [-0.15, -0.1) is 0 Å². The summed E-state index contributed by atoms with van der Waals surface area (Å²) in [4.78, 5) is 23.1. The number of aliphatic carboxylic acids is 1. The summed E-state index contributed by atoms with van der Waals surface area (Å²) in [5.74, 6) is -0.140. The quantitative estimate of drug-likeness (QED) is 0.639. The molecule has 6 nitrogen and oxygen atoms in total. The van der Waals surface area contributed by atoms with E-state index in [0.29, 0.717) is 25.1 Å². The minimum atomic E-state index is -0.878. The van der Waals surface area contributed by atoms with Gasteiger partial charge in [0.15, 0.2) is 0 Å². The van der Waals surface area contributed by atoms with E-state index in [-0.39, 0.29) is 18.5 Å². The van der Waals surface area contributed by atoms with Crippen molar-refractivity contribution in [2.24, 2.45) is 0 Å². The predicted octanol–water partition coefficient (Wildman–Crippen LogP) is 3.68. The van der Waals surface area contributed by atoms with E-state index < -0.39 is 5.97 Å². The molecular formula is C20H24N2O4. The van der Waals surface area contributed by atoms with Gasteiger partial charge in [-0.3, -0.25) is 4.79 Å². The Morgan fingerprint density at radius 2 is 1.77 bits per heavy atom. The van der Waals surface area contributed by atoms with E-state index in [9.17, 15) is 9.59 Å². The minimum Gasteiger partial charge on any atom is -0.494 e. The summed E-state index contributed by atoms with van der Waals surface area (Å²) >= 11 is 0. The second kappa shape index (κ2) is 10.1. The van der Waals surface area contributed by atoms with Crippen LogP contribution in [0.5, 0.6) is 5.75 Å². The first-order valence-electron chi connectivity index (χ1n) is 8.63. The normalized spacial score (nSPS) is 11.4. The Morgan fingerprint density at radius 3 is 2.38 bits per heavy atom. The fourth-order valence-corrected chi connectivity index (χ4v) is 2.58. The molecule has 26 heavy (non-hydrogen) atoms. The maximum atomic E-state index is 12.3. The number of carbonyl (C=O) groups excluding carboxylic acids is 1. The molecule has 1 atom stereocenters. The lowest BCUT2D eigenvalue weighted by molar-refractivity contribution is -0.137. The number of anilines is 1. The molecule has 0 aliphatic rings. The molecule has 0 aromatic heterocycles. The molecular weight excluding hydrogens is 332 g/mol. The van der Waals surface area contributed by atoms with E-state index in [1.807, 2.05) is 37.3 Å². The maximum absolute atomic E-state index is 12.3. The van der Waals surface area contributed by atoms with Crippen molar-refractivity contribution in [2.75, 3.05) is 11.9 Å². The van der Waals surface area contributed by atoms with Crippen molar-refractivity contribution in [1.29, 1.82) is 0 Å². The molecule has 0 spiro atoms. The van der Waals surface area contributed by atoms with Crippen LogP contribution in [-0.2, 0) is 11.2 Å². The van der Waals surface area contributed by atoms with Crippen LogP contribution in [-0.4, -0.2) is 29.8 Å². The van der Waals surface area contributed by atoms with Crippen molar-refractivity contribution in [2.45, 2.75) is 32.2 Å². The molecule has 0 radical (unpaired) electrons. The standard InChI is InChI=1S/C20H24N2O4/c1-2-26-18-11-8-16(9-12-18)21-20(25)22-17(10-13-19(23)24)14-15-6-4-3-5-7-15/h3-9,11-12,17H,2,10,13-14H2,1H3,(H,23,24)(H2,21,22,25). The highest BCUT2D eigenvalue weighted by atomic mass is 16.5. The van der Waals surface area contributed by atoms with Crippen LogP contribution in [0.4, 0.5) is 10.5 Å². The highest BCUT2D eigenvalue weighted by molar-refractivity contribution is 5.89. The number of nitrogens with one attached hydrogen (secondary N) is 2. The van der Waals surface area contributed by atoms with Crippen molar-refractivity contribution >= 4 is 17.7 Å². The van der Waals surface area contributed by atoms with Crippen molar-refractivity contribution in [3.05, 3.63) is 60.2 Å². The van der Waals surface area contributed by atoms with E-state index in [0.717, 1.165) is 11.3 Å². The molecule has 0 fully saturated rings. The van der Waals surface area contributed by atoms with Gasteiger partial charge in [0.25, 0.3) is 0 Å². The van der Waals surface area contributed by atoms with Crippen LogP contribution in [0.15, 0.2) is 54.6 Å². The van der Waals surface area contributed by atoms with Gasteiger partial charge in [0.1, 0.15) is 5.75 Å². The molecule has 2 amide bonds. The van der Waals surface area contributed by atoms with Gasteiger partial charge in [-0.05, 0) is 49.6 Å². The van der Waals surface area contributed by atoms with Crippen LogP contribution in [0, 0.1) is 0 Å². The Balaban J connectivity index is 1.94. The van der Waals surface area contributed by atoms with E-state index in [4.69, 9.17) is 9.84 Å². The van der Waals surface area contributed by atoms with Crippen LogP contribution >= 0.6 is 0 Å². The van der Waals surface area contributed by atoms with Crippen molar-refractivity contribution < 1.29 is 19.4 Å². The lowest BCUT2D eigenvalue weighted by atomic mass is 10.0. The Bertz CT molecular complexity index is 702. The van der Waals surface area contributed by atoms with Crippen LogP contribution in [0.2, 0.25) is 0 Å². The summed E-state index contributed by atoms with van der Waals surface area (Å²) in [6.45, 7) is 2.49. The number of ether oxygens (including phenoxy) is 1. The molecule has 6 heteroatoms. The monoisotopic (exact) mass is 356 g/mol. The second-order valence-electron chi connectivity index (χ2n) is 5.87. The molecule has 0 saturated carbocycles. The number of urea groups is 1. The summed E-state index contributed by atoms with van der Waals surface area (Å²) < 4.78 is 5.37. The number of amides is 2. The lowest BCUT2D eigenvalue weighted by Gasteiger charge is -2.19. The van der Waals surface area contributed by atoms with Gasteiger partial charge in [0.2, 0.25) is 0 Å². The van der Waals surface area contributed by atoms with Crippen molar-refractivity contribution in [3.8, 4) is 5.75 Å². The Morgan fingerprint density at radius 1 is 1.08 bits per heavy atom. The first-order chi connectivity index (χ1) is 12.6. The fourth-order valence-electron chi connectivity index (χ4n) is 2.58. The molecule has 2 aromatic rings. The second-order valence-corrected chi connectivity index (χ2v) is 5.87. The molecule has 1 unspecified atom stereocenters. The predicted molar refractivity (Wildman–Crippen MR) is 101 cm³/mol. The SMILES string of the molecule is CCOc1ccc(NC(=O)NC(CCC(=O)O)Cc2ccccc2)cc1. The molecule has 0 bridgehead atoms. The van der Waals surface area contributed by atoms with Crippen LogP contribution in [0.1, 0.15) is 25.3 Å². The highest BCUT2D eigenvalue weighted by Gasteiger charge is 2.15. The van der Waals surface area contributed by atoms with E-state index in [1.54, 1.807) is 24.3 Å². The third-order valence-electron chi connectivity index (χ3n) is 3.79. The molecule has 138 valence electrons. The molecule has 0 saturated heterocycles. The van der Waals surface area contributed by atoms with E-state index in [2.05, 4.69) is 10.6 Å². The van der Waals surface area contributed by atoms with Gasteiger partial charge >= 0.3 is 12.0 Å². The Kier molecular flexibility index (Phi) is 7.49. The van der Waals surface area contributed by atoms with E-state index >= 15 is 0 Å². The smallest absolute Gasteiger partial charge is 0.319 e. The number of benzene rings is 2. The maximum Gasteiger partial charge on any atom is 0.319 e. The number of hydrogen-bond acceptors (Lipinski definition) is 3. The summed E-state index contributed by atoms with van der Waals surface area (Å²) in [5.41, 5.74) is 1.69. The Hall–Kier alpha value is -3.02. The largest absolute Gasteiger partial charge is 0.494 e. The van der Waals surface area contributed by atoms with Crippen LogP contribution in [0.3, 0.4) is 0 Å². The van der Waals surface area contributed by atoms with Gasteiger partial charge < -0.3 is 20.5 Å². The zero-order valence-electron chi connectivity index (χ0n) is 14.8. The van der Waals surface area contributed by atoms with Crippen molar-refractivity contribution in [3.63, 3.8) is 0 Å². The molecule has 2 rings (SSSR count). The van der Waals surface area contributed by atoms with Gasteiger partial charge in [-0.2, -0.15) is 0 Å². The molecule has 0 heterocycles. The zero-order valence-corrected chi connectivity index (χ0v) is 14.8. The third-order valence-corrected chi connectivity index (χ3v) is 3.79. The molecule has 3 N–H and O–H groups in total. The van der Waals surface area contributed by atoms with E-state index in [1.165, 1.54) is 0 Å². The summed E-state index contributed by atoms with van der Waals surface area (Å²) in [7, 11) is 0. The summed E-state index contributed by atoms with van der Waals surface area (Å²) in [5, 5.41) is 14.6. The fraction of sp³-hybridized carbons (Fsp3) is 0.300. The molecule has 0 aliphatic heterocycles. The average Bonchev–Trinajstić information content (AvgIpc) is 2.62. The van der Waals surface area contributed by atoms with Gasteiger partial charge in [-0.25, -0.2) is 4.79 Å². The van der Waals surface area contributed by atoms with Gasteiger partial charge in [-0.1, -0.05) is 30.3 Å². The number of carboxylic acids is 1. The average molecular weight is 356 g/mol. The minimum absolute atomic E-state index is 0.000827. The third kappa shape index (κ3) is 6.84. The highest BCUT2D eigenvalue weighted by Crippen LogP contribution is 2.16. The molecule has 2 aromatic carbocycles. The molecule has 0 aliphatic carbocycles. The van der Waals surface area contributed by atoms with Crippen molar-refractivity contribution in [1.82, 2.24) is 5.32 Å². The number of rotatable bonds is 9. The summed E-state index contributed by atoms with van der Waals surface area (Å²) in [6.07, 6.45) is 0.937. The number of hydrogen-bond donors (Lipinski definition) is 3. The van der Waals surface area contributed by atoms with Crippen LogP contribution < -0.4 is 15.4 Å². The lowest BCUT2D eigenvalue weighted by Crippen LogP contribution is -2.39. The first kappa shape index (κ1) is 19.3. The summed E-state index contributed by atoms with van der Waals surface area (Å²) in [6, 6.07) is 16.1.